The van der Waals surface area contributed by atoms with Crippen LogP contribution in [0.3, 0.4) is 0 Å². The van der Waals surface area contributed by atoms with Gasteiger partial charge in [-0.1, -0.05) is 6.92 Å². The van der Waals surface area contributed by atoms with Crippen molar-refractivity contribution in [3.8, 4) is 0 Å². The molecule has 0 atom stereocenters. The Hall–Kier alpha value is -1.14. The standard InChI is InChI=1S/C12H16N4S2/c1-4-9-15-10(13-5-2)8(3)11(16-9)18-12-14-6-7-17-12/h6-7H,4-5H2,1-3H3,(H,13,15,16). The molecule has 2 aromatic heterocycles. The molecule has 18 heavy (non-hydrogen) atoms. The molecular formula is C12H16N4S2. The van der Waals surface area contributed by atoms with E-state index in [-0.39, 0.29) is 0 Å². The topological polar surface area (TPSA) is 50.7 Å². The highest BCUT2D eigenvalue weighted by molar-refractivity contribution is 8.01. The van der Waals surface area contributed by atoms with E-state index >= 15 is 0 Å². The van der Waals surface area contributed by atoms with Gasteiger partial charge in [-0.15, -0.1) is 11.3 Å². The fourth-order valence-electron chi connectivity index (χ4n) is 1.48. The van der Waals surface area contributed by atoms with Crippen molar-refractivity contribution in [1.29, 1.82) is 0 Å². The van der Waals surface area contributed by atoms with Gasteiger partial charge in [-0.3, -0.25) is 0 Å². The lowest BCUT2D eigenvalue weighted by Crippen LogP contribution is -2.07. The zero-order valence-electron chi connectivity index (χ0n) is 10.7. The molecular weight excluding hydrogens is 264 g/mol. The van der Waals surface area contributed by atoms with Crippen molar-refractivity contribution in [1.82, 2.24) is 15.0 Å². The first kappa shape index (κ1) is 13.3. The Labute approximate surface area is 115 Å². The van der Waals surface area contributed by atoms with Crippen molar-refractivity contribution in [2.75, 3.05) is 11.9 Å². The van der Waals surface area contributed by atoms with Crippen LogP contribution in [-0.2, 0) is 6.42 Å². The highest BCUT2D eigenvalue weighted by atomic mass is 32.2. The lowest BCUT2D eigenvalue weighted by atomic mass is 10.3. The molecule has 96 valence electrons. The van der Waals surface area contributed by atoms with E-state index in [1.54, 1.807) is 23.1 Å². The smallest absolute Gasteiger partial charge is 0.156 e. The van der Waals surface area contributed by atoms with Crippen LogP contribution < -0.4 is 5.32 Å². The van der Waals surface area contributed by atoms with Crippen LogP contribution in [0.25, 0.3) is 0 Å². The van der Waals surface area contributed by atoms with Crippen molar-refractivity contribution in [2.45, 2.75) is 36.6 Å². The maximum Gasteiger partial charge on any atom is 0.156 e. The second-order valence-electron chi connectivity index (χ2n) is 3.70. The van der Waals surface area contributed by atoms with E-state index in [4.69, 9.17) is 0 Å². The largest absolute Gasteiger partial charge is 0.370 e. The van der Waals surface area contributed by atoms with Crippen molar-refractivity contribution in [2.24, 2.45) is 0 Å². The van der Waals surface area contributed by atoms with Crippen molar-refractivity contribution in [3.05, 3.63) is 23.0 Å². The first-order chi connectivity index (χ1) is 8.74. The van der Waals surface area contributed by atoms with Crippen LogP contribution in [-0.4, -0.2) is 21.5 Å². The summed E-state index contributed by atoms with van der Waals surface area (Å²) < 4.78 is 1.02. The minimum atomic E-state index is 0.837. The Balaban J connectivity index is 2.35. The molecule has 0 unspecified atom stereocenters. The number of hydrogen-bond acceptors (Lipinski definition) is 6. The number of anilines is 1. The quantitative estimate of drug-likeness (QED) is 0.851. The molecule has 2 heterocycles. The molecule has 0 aliphatic rings. The first-order valence-electron chi connectivity index (χ1n) is 5.93. The predicted octanol–water partition coefficient (Wildman–Crippen LogP) is 3.39. The number of hydrogen-bond donors (Lipinski definition) is 1. The second-order valence-corrected chi connectivity index (χ2v) is 5.83. The summed E-state index contributed by atoms with van der Waals surface area (Å²) in [5.41, 5.74) is 1.09. The first-order valence-corrected chi connectivity index (χ1v) is 7.63. The fourth-order valence-corrected chi connectivity index (χ4v) is 3.12. The van der Waals surface area contributed by atoms with Gasteiger partial charge in [0.1, 0.15) is 16.7 Å². The third kappa shape index (κ3) is 3.00. The van der Waals surface area contributed by atoms with Gasteiger partial charge >= 0.3 is 0 Å². The lowest BCUT2D eigenvalue weighted by molar-refractivity contribution is 0.870. The molecule has 0 saturated heterocycles. The fraction of sp³-hybridized carbons (Fsp3) is 0.417. The zero-order chi connectivity index (χ0) is 13.0. The average Bonchev–Trinajstić information content (AvgIpc) is 2.87. The van der Waals surface area contributed by atoms with Crippen LogP contribution in [0.15, 0.2) is 20.9 Å². The molecule has 0 bridgehead atoms. The molecule has 0 aromatic carbocycles. The van der Waals surface area contributed by atoms with E-state index in [2.05, 4.69) is 34.1 Å². The van der Waals surface area contributed by atoms with E-state index in [0.717, 1.165) is 39.5 Å². The number of aryl methyl sites for hydroxylation is 1. The Morgan fingerprint density at radius 3 is 2.78 bits per heavy atom. The summed E-state index contributed by atoms with van der Waals surface area (Å²) in [7, 11) is 0. The van der Waals surface area contributed by atoms with Gasteiger partial charge in [-0.05, 0) is 25.6 Å². The van der Waals surface area contributed by atoms with E-state index in [1.807, 2.05) is 18.5 Å². The number of nitrogens with zero attached hydrogens (tertiary/aromatic N) is 3. The van der Waals surface area contributed by atoms with Gasteiger partial charge in [0, 0.05) is 30.1 Å². The number of aromatic nitrogens is 3. The molecule has 0 spiro atoms. The molecule has 0 amide bonds. The lowest BCUT2D eigenvalue weighted by Gasteiger charge is -2.11. The van der Waals surface area contributed by atoms with Crippen LogP contribution in [0.5, 0.6) is 0 Å². The zero-order valence-corrected chi connectivity index (χ0v) is 12.4. The van der Waals surface area contributed by atoms with Crippen molar-refractivity contribution >= 4 is 28.9 Å². The summed E-state index contributed by atoms with van der Waals surface area (Å²) in [6.45, 7) is 7.05. The molecule has 0 fully saturated rings. The number of nitrogens with one attached hydrogen (secondary N) is 1. The highest BCUT2D eigenvalue weighted by Crippen LogP contribution is 2.32. The molecule has 2 rings (SSSR count). The van der Waals surface area contributed by atoms with Gasteiger partial charge in [0.15, 0.2) is 4.34 Å². The molecule has 2 aromatic rings. The molecule has 0 aliphatic carbocycles. The summed E-state index contributed by atoms with van der Waals surface area (Å²) in [5.74, 6) is 1.80. The third-order valence-corrected chi connectivity index (χ3v) is 4.38. The van der Waals surface area contributed by atoms with Gasteiger partial charge in [0.25, 0.3) is 0 Å². The number of rotatable bonds is 5. The second kappa shape index (κ2) is 6.15. The van der Waals surface area contributed by atoms with Crippen LogP contribution in [0.1, 0.15) is 25.2 Å². The maximum absolute atomic E-state index is 4.59. The minimum Gasteiger partial charge on any atom is -0.370 e. The molecule has 6 heteroatoms. The van der Waals surface area contributed by atoms with E-state index in [1.165, 1.54) is 0 Å². The van der Waals surface area contributed by atoms with E-state index < -0.39 is 0 Å². The molecule has 0 saturated carbocycles. The summed E-state index contributed by atoms with van der Waals surface area (Å²) in [5, 5.41) is 6.26. The highest BCUT2D eigenvalue weighted by Gasteiger charge is 2.12. The summed E-state index contributed by atoms with van der Waals surface area (Å²) in [6, 6.07) is 0. The van der Waals surface area contributed by atoms with Crippen LogP contribution in [0.4, 0.5) is 5.82 Å². The van der Waals surface area contributed by atoms with Gasteiger partial charge in [-0.25, -0.2) is 15.0 Å². The normalized spacial score (nSPS) is 10.6. The monoisotopic (exact) mass is 280 g/mol. The van der Waals surface area contributed by atoms with Crippen LogP contribution >= 0.6 is 23.1 Å². The molecule has 4 nitrogen and oxygen atoms in total. The van der Waals surface area contributed by atoms with Crippen LogP contribution in [0.2, 0.25) is 0 Å². The third-order valence-electron chi connectivity index (χ3n) is 2.40. The molecule has 0 aliphatic heterocycles. The van der Waals surface area contributed by atoms with E-state index in [0.29, 0.717) is 0 Å². The Kier molecular flexibility index (Phi) is 4.54. The summed E-state index contributed by atoms with van der Waals surface area (Å²) >= 11 is 3.24. The maximum atomic E-state index is 4.59. The van der Waals surface area contributed by atoms with Gasteiger partial charge in [-0.2, -0.15) is 0 Å². The Bertz CT molecular complexity index is 511. The van der Waals surface area contributed by atoms with Crippen molar-refractivity contribution < 1.29 is 0 Å². The minimum absolute atomic E-state index is 0.837. The Morgan fingerprint density at radius 1 is 1.33 bits per heavy atom. The number of thiazole rings is 1. The summed E-state index contributed by atoms with van der Waals surface area (Å²) in [4.78, 5) is 13.4. The molecule has 1 N–H and O–H groups in total. The van der Waals surface area contributed by atoms with E-state index in [9.17, 15) is 0 Å². The summed E-state index contributed by atoms with van der Waals surface area (Å²) in [6.07, 6.45) is 2.65. The predicted molar refractivity (Wildman–Crippen MR) is 76.5 cm³/mol. The SMILES string of the molecule is CCNc1nc(CC)nc(Sc2nccs2)c1C. The molecule has 0 radical (unpaired) electrons. The van der Waals surface area contributed by atoms with Gasteiger partial charge < -0.3 is 5.32 Å². The van der Waals surface area contributed by atoms with Gasteiger partial charge in [0.2, 0.25) is 0 Å². The average molecular weight is 280 g/mol. The Morgan fingerprint density at radius 2 is 2.17 bits per heavy atom. The van der Waals surface area contributed by atoms with Crippen LogP contribution in [0, 0.1) is 6.92 Å². The van der Waals surface area contributed by atoms with Gasteiger partial charge in [0.05, 0.1) is 0 Å². The van der Waals surface area contributed by atoms with Crippen molar-refractivity contribution in [3.63, 3.8) is 0 Å².